The average molecular weight is 499 g/mol. The van der Waals surface area contributed by atoms with Crippen molar-refractivity contribution in [2.45, 2.75) is 24.9 Å². The third-order valence-electron chi connectivity index (χ3n) is 7.42. The standard InChI is InChI=1S/C29H26N2O6/c1-3-17-9-15-21(16-10-17)31-25(32)22-23(26(31)33)29(28(35)36,20-7-5-4-6-8-20)30-24(22)18-11-13-19(14-12-18)27(34)37-2/h4-16,22-24,30H,3H2,1-2H3,(H,35,36). The Balaban J connectivity index is 1.65. The highest BCUT2D eigenvalue weighted by Crippen LogP contribution is 2.53. The van der Waals surface area contributed by atoms with Crippen LogP contribution in [0.1, 0.15) is 40.0 Å². The fourth-order valence-electron chi connectivity index (χ4n) is 5.56. The Kier molecular flexibility index (Phi) is 6.13. The molecule has 8 nitrogen and oxygen atoms in total. The monoisotopic (exact) mass is 498 g/mol. The molecule has 2 amide bonds. The lowest BCUT2D eigenvalue weighted by Gasteiger charge is -2.31. The van der Waals surface area contributed by atoms with E-state index >= 15 is 0 Å². The molecule has 2 heterocycles. The number of amides is 2. The van der Waals surface area contributed by atoms with Crippen LogP contribution >= 0.6 is 0 Å². The molecule has 2 N–H and O–H groups in total. The van der Waals surface area contributed by atoms with Crippen molar-refractivity contribution in [2.24, 2.45) is 11.8 Å². The number of ether oxygens (including phenoxy) is 1. The van der Waals surface area contributed by atoms with E-state index < -0.39 is 47.2 Å². The molecule has 2 aliphatic rings. The first-order valence-electron chi connectivity index (χ1n) is 12.0. The van der Waals surface area contributed by atoms with Gasteiger partial charge in [0.25, 0.3) is 0 Å². The van der Waals surface area contributed by atoms with E-state index in [-0.39, 0.29) is 0 Å². The Morgan fingerprint density at radius 3 is 2.16 bits per heavy atom. The molecule has 0 radical (unpaired) electrons. The summed E-state index contributed by atoms with van der Waals surface area (Å²) in [4.78, 5) is 53.9. The number of aryl methyl sites for hydroxylation is 1. The third kappa shape index (κ3) is 3.72. The summed E-state index contributed by atoms with van der Waals surface area (Å²) in [6.45, 7) is 2.01. The molecule has 0 spiro atoms. The molecule has 0 aliphatic carbocycles. The van der Waals surface area contributed by atoms with Crippen LogP contribution in [0.25, 0.3) is 0 Å². The van der Waals surface area contributed by atoms with Crippen molar-refractivity contribution in [2.75, 3.05) is 12.0 Å². The lowest BCUT2D eigenvalue weighted by Crippen LogP contribution is -2.53. The molecule has 3 aromatic rings. The molecule has 188 valence electrons. The summed E-state index contributed by atoms with van der Waals surface area (Å²) in [5.41, 5.74) is 0.926. The zero-order chi connectivity index (χ0) is 26.3. The number of nitrogens with one attached hydrogen (secondary N) is 1. The van der Waals surface area contributed by atoms with Gasteiger partial charge in [0.1, 0.15) is 0 Å². The van der Waals surface area contributed by atoms with E-state index in [2.05, 4.69) is 5.32 Å². The molecular weight excluding hydrogens is 472 g/mol. The smallest absolute Gasteiger partial charge is 0.337 e. The second-order valence-electron chi connectivity index (χ2n) is 9.25. The van der Waals surface area contributed by atoms with Gasteiger partial charge in [-0.15, -0.1) is 0 Å². The number of aliphatic carboxylic acids is 1. The number of carbonyl (C=O) groups excluding carboxylic acids is 3. The minimum absolute atomic E-state index is 0.319. The number of carboxylic acids is 1. The van der Waals surface area contributed by atoms with Crippen LogP contribution < -0.4 is 10.2 Å². The second kappa shape index (κ2) is 9.29. The summed E-state index contributed by atoms with van der Waals surface area (Å²) in [5, 5.41) is 13.8. The van der Waals surface area contributed by atoms with Crippen LogP contribution in [-0.4, -0.2) is 36.0 Å². The molecule has 8 heteroatoms. The number of esters is 1. The highest BCUT2D eigenvalue weighted by atomic mass is 16.5. The Bertz CT molecular complexity index is 1370. The number of hydrogen-bond donors (Lipinski definition) is 2. The number of anilines is 1. The van der Waals surface area contributed by atoms with Crippen LogP contribution in [0.3, 0.4) is 0 Å². The van der Waals surface area contributed by atoms with Crippen molar-refractivity contribution >= 4 is 29.4 Å². The first kappa shape index (κ1) is 24.4. The van der Waals surface area contributed by atoms with E-state index in [9.17, 15) is 24.3 Å². The molecule has 2 saturated heterocycles. The van der Waals surface area contributed by atoms with Gasteiger partial charge in [0, 0.05) is 6.04 Å². The number of benzene rings is 3. The Morgan fingerprint density at radius 2 is 1.59 bits per heavy atom. The van der Waals surface area contributed by atoms with E-state index in [0.29, 0.717) is 22.4 Å². The van der Waals surface area contributed by atoms with Crippen molar-refractivity contribution in [1.82, 2.24) is 5.32 Å². The molecule has 0 saturated carbocycles. The van der Waals surface area contributed by atoms with Gasteiger partial charge >= 0.3 is 11.9 Å². The number of nitrogens with zero attached hydrogens (tertiary/aromatic N) is 1. The third-order valence-corrected chi connectivity index (χ3v) is 7.42. The van der Waals surface area contributed by atoms with Crippen LogP contribution in [0.4, 0.5) is 5.69 Å². The molecular formula is C29H26N2O6. The zero-order valence-corrected chi connectivity index (χ0v) is 20.4. The van der Waals surface area contributed by atoms with Gasteiger partial charge in [-0.25, -0.2) is 14.5 Å². The van der Waals surface area contributed by atoms with Gasteiger partial charge in [-0.3, -0.25) is 14.9 Å². The zero-order valence-electron chi connectivity index (χ0n) is 20.4. The molecule has 4 unspecified atom stereocenters. The quantitative estimate of drug-likeness (QED) is 0.395. The number of hydrogen-bond acceptors (Lipinski definition) is 6. The summed E-state index contributed by atoms with van der Waals surface area (Å²) in [7, 11) is 1.28. The molecule has 2 fully saturated rings. The van der Waals surface area contributed by atoms with Crippen LogP contribution in [0, 0.1) is 11.8 Å². The second-order valence-corrected chi connectivity index (χ2v) is 9.25. The van der Waals surface area contributed by atoms with Gasteiger partial charge in [-0.2, -0.15) is 0 Å². The van der Waals surface area contributed by atoms with Crippen molar-refractivity contribution in [3.63, 3.8) is 0 Å². The number of carboxylic acid groups (broad SMARTS) is 1. The first-order chi connectivity index (χ1) is 17.8. The summed E-state index contributed by atoms with van der Waals surface area (Å²) in [5.74, 6) is -4.94. The average Bonchev–Trinajstić information content (AvgIpc) is 3.43. The van der Waals surface area contributed by atoms with Crippen LogP contribution in [-0.2, 0) is 31.1 Å². The highest BCUT2D eigenvalue weighted by molar-refractivity contribution is 6.24. The largest absolute Gasteiger partial charge is 0.480 e. The maximum Gasteiger partial charge on any atom is 0.337 e. The van der Waals surface area contributed by atoms with Crippen molar-refractivity contribution in [3.05, 3.63) is 101 Å². The van der Waals surface area contributed by atoms with Crippen LogP contribution in [0.5, 0.6) is 0 Å². The summed E-state index contributed by atoms with van der Waals surface area (Å²) in [6.07, 6.45) is 0.803. The van der Waals surface area contributed by atoms with Gasteiger partial charge < -0.3 is 9.84 Å². The maximum absolute atomic E-state index is 13.9. The minimum Gasteiger partial charge on any atom is -0.480 e. The summed E-state index contributed by atoms with van der Waals surface area (Å²) in [6, 6.07) is 21.3. The van der Waals surface area contributed by atoms with Gasteiger partial charge in [0.2, 0.25) is 11.8 Å². The molecule has 3 aromatic carbocycles. The van der Waals surface area contributed by atoms with E-state index in [4.69, 9.17) is 4.74 Å². The fraction of sp³-hybridized carbons (Fsp3) is 0.241. The Labute approximate surface area is 213 Å². The summed E-state index contributed by atoms with van der Waals surface area (Å²) >= 11 is 0. The van der Waals surface area contributed by atoms with Crippen molar-refractivity contribution in [3.8, 4) is 0 Å². The van der Waals surface area contributed by atoms with Gasteiger partial charge in [-0.1, -0.05) is 61.5 Å². The van der Waals surface area contributed by atoms with E-state index in [0.717, 1.165) is 16.9 Å². The van der Waals surface area contributed by atoms with E-state index in [1.54, 1.807) is 66.7 Å². The normalized spacial score (nSPS) is 24.7. The predicted octanol–water partition coefficient (Wildman–Crippen LogP) is 3.47. The molecule has 0 bridgehead atoms. The number of carbonyl (C=O) groups is 4. The van der Waals surface area contributed by atoms with Crippen molar-refractivity contribution in [1.29, 1.82) is 0 Å². The number of fused-ring (bicyclic) bond motifs is 1. The molecule has 4 atom stereocenters. The predicted molar refractivity (Wildman–Crippen MR) is 135 cm³/mol. The fourth-order valence-corrected chi connectivity index (χ4v) is 5.56. The van der Waals surface area contributed by atoms with Crippen LogP contribution in [0.2, 0.25) is 0 Å². The molecule has 2 aliphatic heterocycles. The van der Waals surface area contributed by atoms with E-state index in [1.807, 2.05) is 19.1 Å². The Hall–Kier alpha value is -4.30. The maximum atomic E-state index is 13.9. The first-order valence-corrected chi connectivity index (χ1v) is 12.0. The number of rotatable bonds is 6. The van der Waals surface area contributed by atoms with Crippen LogP contribution in [0.15, 0.2) is 78.9 Å². The minimum atomic E-state index is -1.83. The van der Waals surface area contributed by atoms with Gasteiger partial charge in [-0.05, 0) is 47.4 Å². The lowest BCUT2D eigenvalue weighted by atomic mass is 9.75. The topological polar surface area (TPSA) is 113 Å². The van der Waals surface area contributed by atoms with Gasteiger partial charge in [0.05, 0.1) is 30.2 Å². The summed E-state index contributed by atoms with van der Waals surface area (Å²) < 4.78 is 4.77. The molecule has 0 aromatic heterocycles. The number of methoxy groups -OCH3 is 1. The molecule has 5 rings (SSSR count). The number of imide groups is 1. The lowest BCUT2D eigenvalue weighted by molar-refractivity contribution is -0.149. The SMILES string of the molecule is CCc1ccc(N2C(=O)C3C(c4ccc(C(=O)OC)cc4)NC(C(=O)O)(c4ccccc4)C3C2=O)cc1. The van der Waals surface area contributed by atoms with Crippen molar-refractivity contribution < 1.29 is 29.0 Å². The highest BCUT2D eigenvalue weighted by Gasteiger charge is 2.69. The van der Waals surface area contributed by atoms with E-state index in [1.165, 1.54) is 7.11 Å². The molecule has 37 heavy (non-hydrogen) atoms. The Morgan fingerprint density at radius 1 is 0.946 bits per heavy atom. The van der Waals surface area contributed by atoms with Gasteiger partial charge in [0.15, 0.2) is 5.54 Å².